The number of carboxylic acid groups (broad SMARTS) is 1. The van der Waals surface area contributed by atoms with Crippen molar-refractivity contribution in [2.45, 2.75) is 6.54 Å². The summed E-state index contributed by atoms with van der Waals surface area (Å²) in [7, 11) is 0. The lowest BCUT2D eigenvalue weighted by molar-refractivity contribution is 0.0690. The Morgan fingerprint density at radius 1 is 1.10 bits per heavy atom. The van der Waals surface area contributed by atoms with E-state index < -0.39 is 5.97 Å². The van der Waals surface area contributed by atoms with Gasteiger partial charge in [0, 0.05) is 11.6 Å². The number of benzene rings is 1. The van der Waals surface area contributed by atoms with Gasteiger partial charge in [0.2, 0.25) is 0 Å². The smallest absolute Gasteiger partial charge is 0.358 e. The molecule has 21 heavy (non-hydrogen) atoms. The Hall–Kier alpha value is -3.09. The zero-order chi connectivity index (χ0) is 14.7. The average molecular weight is 281 g/mol. The van der Waals surface area contributed by atoms with Crippen molar-refractivity contribution in [1.29, 1.82) is 0 Å². The van der Waals surface area contributed by atoms with Gasteiger partial charge in [0.25, 0.3) is 0 Å². The van der Waals surface area contributed by atoms with Gasteiger partial charge in [-0.25, -0.2) is 4.79 Å². The average Bonchev–Trinajstić information content (AvgIpc) is 2.53. The van der Waals surface area contributed by atoms with Crippen LogP contribution in [0, 0.1) is 0 Å². The fourth-order valence-electron chi connectivity index (χ4n) is 1.99. The molecule has 0 aliphatic heterocycles. The highest BCUT2D eigenvalue weighted by molar-refractivity contribution is 6.02. The summed E-state index contributed by atoms with van der Waals surface area (Å²) in [6, 6.07) is 10.8. The summed E-state index contributed by atoms with van der Waals surface area (Å²) in [6.45, 7) is 0.351. The van der Waals surface area contributed by atoms with Gasteiger partial charge in [-0.05, 0) is 18.2 Å². The zero-order valence-electron chi connectivity index (χ0n) is 10.9. The molecule has 0 bridgehead atoms. The molecule has 3 aromatic rings. The van der Waals surface area contributed by atoms with Crippen molar-refractivity contribution >= 4 is 22.6 Å². The summed E-state index contributed by atoms with van der Waals surface area (Å²) in [5, 5.41) is 28.4. The van der Waals surface area contributed by atoms with Crippen LogP contribution in [0.15, 0.2) is 42.6 Å². The maximum atomic E-state index is 11.3. The van der Waals surface area contributed by atoms with Crippen LogP contribution in [-0.4, -0.2) is 31.5 Å². The first-order valence-electron chi connectivity index (χ1n) is 6.25. The van der Waals surface area contributed by atoms with E-state index in [1.165, 1.54) is 0 Å². The molecule has 0 saturated heterocycles. The SMILES string of the molecule is O=C(O)c1nnc2ccccc2c1NCc1cccnn1. The van der Waals surface area contributed by atoms with E-state index in [1.54, 1.807) is 30.5 Å². The number of fused-ring (bicyclic) bond motifs is 1. The van der Waals surface area contributed by atoms with Crippen molar-refractivity contribution in [3.05, 3.63) is 54.0 Å². The first-order valence-corrected chi connectivity index (χ1v) is 6.25. The third kappa shape index (κ3) is 2.62. The van der Waals surface area contributed by atoms with Crippen molar-refractivity contribution in [3.8, 4) is 0 Å². The third-order valence-electron chi connectivity index (χ3n) is 2.94. The molecule has 0 atom stereocenters. The largest absolute Gasteiger partial charge is 0.476 e. The minimum absolute atomic E-state index is 0.113. The van der Waals surface area contributed by atoms with Crippen molar-refractivity contribution in [3.63, 3.8) is 0 Å². The molecule has 0 amide bonds. The monoisotopic (exact) mass is 281 g/mol. The highest BCUT2D eigenvalue weighted by Gasteiger charge is 2.16. The van der Waals surface area contributed by atoms with E-state index in [1.807, 2.05) is 12.1 Å². The molecule has 0 aliphatic carbocycles. The Labute approximate surface area is 119 Å². The Morgan fingerprint density at radius 3 is 2.71 bits per heavy atom. The maximum absolute atomic E-state index is 11.3. The highest BCUT2D eigenvalue weighted by Crippen LogP contribution is 2.24. The molecule has 0 aliphatic rings. The Balaban J connectivity index is 2.02. The van der Waals surface area contributed by atoms with Crippen LogP contribution in [0.25, 0.3) is 10.9 Å². The lowest BCUT2D eigenvalue weighted by Gasteiger charge is -2.10. The number of hydrogen-bond donors (Lipinski definition) is 2. The van der Waals surface area contributed by atoms with E-state index in [-0.39, 0.29) is 5.69 Å². The number of nitrogens with one attached hydrogen (secondary N) is 1. The summed E-state index contributed by atoms with van der Waals surface area (Å²) in [5.74, 6) is -1.13. The van der Waals surface area contributed by atoms with Crippen molar-refractivity contribution < 1.29 is 9.90 Å². The van der Waals surface area contributed by atoms with Crippen LogP contribution in [0.1, 0.15) is 16.2 Å². The van der Waals surface area contributed by atoms with Gasteiger partial charge in [0.15, 0.2) is 5.69 Å². The molecule has 2 N–H and O–H groups in total. The second-order valence-corrected chi connectivity index (χ2v) is 4.31. The molecular formula is C14H11N5O2. The lowest BCUT2D eigenvalue weighted by atomic mass is 10.1. The summed E-state index contributed by atoms with van der Waals surface area (Å²) in [6.07, 6.45) is 1.58. The van der Waals surface area contributed by atoms with Gasteiger partial charge in [-0.1, -0.05) is 18.2 Å². The molecule has 3 rings (SSSR count). The molecular weight excluding hydrogens is 270 g/mol. The fourth-order valence-corrected chi connectivity index (χ4v) is 1.99. The van der Waals surface area contributed by atoms with Crippen LogP contribution in [0.2, 0.25) is 0 Å². The minimum Gasteiger partial charge on any atom is -0.476 e. The normalized spacial score (nSPS) is 10.5. The first kappa shape index (κ1) is 12.9. The number of carboxylic acids is 1. The molecule has 7 heteroatoms. The van der Waals surface area contributed by atoms with E-state index in [4.69, 9.17) is 0 Å². The Kier molecular flexibility index (Phi) is 3.38. The van der Waals surface area contributed by atoms with Gasteiger partial charge in [-0.3, -0.25) is 0 Å². The number of nitrogens with zero attached hydrogens (tertiary/aromatic N) is 4. The molecule has 1 aromatic carbocycles. The number of hydrogen-bond acceptors (Lipinski definition) is 6. The molecule has 0 radical (unpaired) electrons. The summed E-state index contributed by atoms with van der Waals surface area (Å²) in [4.78, 5) is 11.3. The van der Waals surface area contributed by atoms with Gasteiger partial charge in [-0.15, -0.1) is 10.2 Å². The van der Waals surface area contributed by atoms with Gasteiger partial charge >= 0.3 is 5.97 Å². The molecule has 0 fully saturated rings. The molecule has 2 aromatic heterocycles. The van der Waals surface area contributed by atoms with Gasteiger partial charge in [-0.2, -0.15) is 10.2 Å². The van der Waals surface area contributed by atoms with Crippen molar-refractivity contribution in [2.24, 2.45) is 0 Å². The predicted molar refractivity (Wildman–Crippen MR) is 75.9 cm³/mol. The van der Waals surface area contributed by atoms with Crippen LogP contribution < -0.4 is 5.32 Å². The lowest BCUT2D eigenvalue weighted by Crippen LogP contribution is -2.11. The standard InChI is InChI=1S/C14H11N5O2/c20-14(21)13-12(15-8-9-4-3-7-16-17-9)10-5-1-2-6-11(10)18-19-13/h1-7H,8H2,(H,15,18)(H,20,21). The topological polar surface area (TPSA) is 101 Å². The van der Waals surface area contributed by atoms with Crippen molar-refractivity contribution in [1.82, 2.24) is 20.4 Å². The number of aromatic nitrogens is 4. The van der Waals surface area contributed by atoms with Gasteiger partial charge in [0.1, 0.15) is 0 Å². The van der Waals surface area contributed by atoms with E-state index in [9.17, 15) is 9.90 Å². The third-order valence-corrected chi connectivity index (χ3v) is 2.94. The summed E-state index contributed by atoms with van der Waals surface area (Å²) >= 11 is 0. The van der Waals surface area contributed by atoms with Gasteiger partial charge < -0.3 is 10.4 Å². The van der Waals surface area contributed by atoms with Crippen LogP contribution >= 0.6 is 0 Å². The van der Waals surface area contributed by atoms with E-state index >= 15 is 0 Å². The Morgan fingerprint density at radius 2 is 1.95 bits per heavy atom. The number of rotatable bonds is 4. The minimum atomic E-state index is -1.13. The van der Waals surface area contributed by atoms with Crippen LogP contribution in [0.4, 0.5) is 5.69 Å². The molecule has 0 spiro atoms. The van der Waals surface area contributed by atoms with Crippen LogP contribution in [0.5, 0.6) is 0 Å². The number of anilines is 1. The number of aromatic carboxylic acids is 1. The second-order valence-electron chi connectivity index (χ2n) is 4.31. The predicted octanol–water partition coefficient (Wildman–Crippen LogP) is 1.73. The second kappa shape index (κ2) is 5.49. The zero-order valence-corrected chi connectivity index (χ0v) is 10.9. The summed E-state index contributed by atoms with van der Waals surface area (Å²) in [5.41, 5.74) is 1.65. The quantitative estimate of drug-likeness (QED) is 0.750. The van der Waals surface area contributed by atoms with Gasteiger partial charge in [0.05, 0.1) is 23.4 Å². The van der Waals surface area contributed by atoms with Crippen LogP contribution in [0.3, 0.4) is 0 Å². The van der Waals surface area contributed by atoms with E-state index in [0.717, 1.165) is 0 Å². The fraction of sp³-hybridized carbons (Fsp3) is 0.0714. The molecule has 0 unspecified atom stereocenters. The maximum Gasteiger partial charge on any atom is 0.358 e. The molecule has 7 nitrogen and oxygen atoms in total. The van der Waals surface area contributed by atoms with Crippen molar-refractivity contribution in [2.75, 3.05) is 5.32 Å². The molecule has 0 saturated carbocycles. The highest BCUT2D eigenvalue weighted by atomic mass is 16.4. The molecule has 2 heterocycles. The molecule has 104 valence electrons. The van der Waals surface area contributed by atoms with Crippen LogP contribution in [-0.2, 0) is 6.54 Å². The summed E-state index contributed by atoms with van der Waals surface area (Å²) < 4.78 is 0. The van der Waals surface area contributed by atoms with E-state index in [0.29, 0.717) is 28.8 Å². The van der Waals surface area contributed by atoms with E-state index in [2.05, 4.69) is 25.7 Å². The Bertz CT molecular complexity index is 792. The number of carbonyl (C=O) groups is 1. The first-order chi connectivity index (χ1) is 10.3.